The Morgan fingerprint density at radius 3 is 3.33 bits per heavy atom. The highest BCUT2D eigenvalue weighted by molar-refractivity contribution is 5.53. The maximum atomic E-state index is 5.78. The highest BCUT2D eigenvalue weighted by Gasteiger charge is 2.17. The Morgan fingerprint density at radius 1 is 1.53 bits per heavy atom. The van der Waals surface area contributed by atoms with Crippen LogP contribution in [0.2, 0.25) is 0 Å². The monoisotopic (exact) mass is 204 g/mol. The number of pyridine rings is 1. The largest absolute Gasteiger partial charge is 0.376 e. The lowest BCUT2D eigenvalue weighted by atomic mass is 10.00. The molecule has 0 saturated carbocycles. The number of nitrogens with zero attached hydrogens (tertiary/aromatic N) is 3. The molecule has 0 fully saturated rings. The lowest BCUT2D eigenvalue weighted by Crippen LogP contribution is -2.16. The fourth-order valence-electron chi connectivity index (χ4n) is 2.12. The molecule has 0 amide bonds. The summed E-state index contributed by atoms with van der Waals surface area (Å²) in [6, 6.07) is 0. The molecule has 5 heteroatoms. The summed E-state index contributed by atoms with van der Waals surface area (Å²) in [5, 5.41) is 4.13. The Bertz CT molecular complexity index is 505. The lowest BCUT2D eigenvalue weighted by molar-refractivity contribution is 0.110. The molecule has 0 atom stereocenters. The Labute approximate surface area is 86.9 Å². The minimum Gasteiger partial charge on any atom is -0.376 e. The van der Waals surface area contributed by atoms with Gasteiger partial charge >= 0.3 is 0 Å². The summed E-state index contributed by atoms with van der Waals surface area (Å²) in [6.07, 6.45) is 4.46. The van der Waals surface area contributed by atoms with Crippen LogP contribution in [0.4, 0.5) is 0 Å². The molecule has 1 aliphatic heterocycles. The standard InChI is InChI=1S/C10H12N4O/c11-3-9-8-1-2-15-5-7(8)4-14-10(9)12-6-13-14/h4,6H,1-3,5,11H2. The Hall–Kier alpha value is -1.46. The number of nitrogens with two attached hydrogens (primary N) is 1. The molecule has 1 aliphatic rings. The van der Waals surface area contributed by atoms with Crippen LogP contribution in [0.15, 0.2) is 12.5 Å². The molecule has 0 bridgehead atoms. The smallest absolute Gasteiger partial charge is 0.160 e. The normalized spacial score (nSPS) is 15.5. The van der Waals surface area contributed by atoms with Crippen molar-refractivity contribution in [2.24, 2.45) is 5.73 Å². The molecule has 0 saturated heterocycles. The van der Waals surface area contributed by atoms with Crippen LogP contribution in [0.3, 0.4) is 0 Å². The maximum Gasteiger partial charge on any atom is 0.160 e. The Balaban J connectivity index is 2.34. The molecule has 3 heterocycles. The highest BCUT2D eigenvalue weighted by Crippen LogP contribution is 2.23. The molecule has 2 aromatic heterocycles. The van der Waals surface area contributed by atoms with Gasteiger partial charge in [0, 0.05) is 18.3 Å². The van der Waals surface area contributed by atoms with E-state index in [4.69, 9.17) is 10.5 Å². The summed E-state index contributed by atoms with van der Waals surface area (Å²) >= 11 is 0. The zero-order valence-corrected chi connectivity index (χ0v) is 8.31. The molecular formula is C10H12N4O. The van der Waals surface area contributed by atoms with Crippen molar-refractivity contribution in [1.82, 2.24) is 14.6 Å². The van der Waals surface area contributed by atoms with Gasteiger partial charge in [-0.25, -0.2) is 9.50 Å². The van der Waals surface area contributed by atoms with Gasteiger partial charge in [-0.2, -0.15) is 5.10 Å². The van der Waals surface area contributed by atoms with Crippen molar-refractivity contribution < 1.29 is 4.74 Å². The molecule has 78 valence electrons. The molecule has 0 spiro atoms. The average Bonchev–Trinajstić information content (AvgIpc) is 2.73. The van der Waals surface area contributed by atoms with E-state index in [0.717, 1.165) is 24.2 Å². The van der Waals surface area contributed by atoms with E-state index < -0.39 is 0 Å². The van der Waals surface area contributed by atoms with Crippen molar-refractivity contribution in [3.63, 3.8) is 0 Å². The van der Waals surface area contributed by atoms with E-state index in [0.29, 0.717) is 13.2 Å². The van der Waals surface area contributed by atoms with E-state index in [2.05, 4.69) is 10.1 Å². The van der Waals surface area contributed by atoms with Crippen LogP contribution in [0.25, 0.3) is 5.65 Å². The third-order valence-electron chi connectivity index (χ3n) is 2.83. The minimum atomic E-state index is 0.505. The summed E-state index contributed by atoms with van der Waals surface area (Å²) in [6.45, 7) is 1.92. The summed E-state index contributed by atoms with van der Waals surface area (Å²) in [5.74, 6) is 0. The predicted molar refractivity (Wildman–Crippen MR) is 54.2 cm³/mol. The molecular weight excluding hydrogens is 192 g/mol. The number of hydrogen-bond donors (Lipinski definition) is 1. The maximum absolute atomic E-state index is 5.78. The van der Waals surface area contributed by atoms with E-state index in [1.165, 1.54) is 11.1 Å². The highest BCUT2D eigenvalue weighted by atomic mass is 16.5. The van der Waals surface area contributed by atoms with Crippen LogP contribution in [0.5, 0.6) is 0 Å². The van der Waals surface area contributed by atoms with Crippen molar-refractivity contribution in [3.05, 3.63) is 29.2 Å². The van der Waals surface area contributed by atoms with Gasteiger partial charge < -0.3 is 10.5 Å². The van der Waals surface area contributed by atoms with Crippen LogP contribution in [-0.2, 0) is 24.3 Å². The van der Waals surface area contributed by atoms with Gasteiger partial charge in [0.15, 0.2) is 5.65 Å². The average molecular weight is 204 g/mol. The van der Waals surface area contributed by atoms with Gasteiger partial charge in [-0.1, -0.05) is 0 Å². The lowest BCUT2D eigenvalue weighted by Gasteiger charge is -2.19. The van der Waals surface area contributed by atoms with Crippen LogP contribution in [-0.4, -0.2) is 21.2 Å². The molecule has 2 aromatic rings. The minimum absolute atomic E-state index is 0.505. The first-order chi connectivity index (χ1) is 7.40. The topological polar surface area (TPSA) is 65.4 Å². The SMILES string of the molecule is NCc1c2c(cn3ncnc13)COCC2. The first kappa shape index (κ1) is 8.82. The van der Waals surface area contributed by atoms with E-state index in [1.54, 1.807) is 10.8 Å². The number of fused-ring (bicyclic) bond motifs is 2. The van der Waals surface area contributed by atoms with Gasteiger partial charge in [-0.05, 0) is 17.5 Å². The zero-order valence-electron chi connectivity index (χ0n) is 8.31. The predicted octanol–water partition coefficient (Wildman–Crippen LogP) is 0.261. The van der Waals surface area contributed by atoms with Crippen molar-refractivity contribution in [3.8, 4) is 0 Å². The van der Waals surface area contributed by atoms with E-state index in [1.807, 2.05) is 6.20 Å². The zero-order chi connectivity index (χ0) is 10.3. The van der Waals surface area contributed by atoms with Gasteiger partial charge in [0.2, 0.25) is 0 Å². The van der Waals surface area contributed by atoms with Gasteiger partial charge in [-0.15, -0.1) is 0 Å². The van der Waals surface area contributed by atoms with Crippen LogP contribution in [0, 0.1) is 0 Å². The molecule has 5 nitrogen and oxygen atoms in total. The van der Waals surface area contributed by atoms with Crippen molar-refractivity contribution >= 4 is 5.65 Å². The molecule has 15 heavy (non-hydrogen) atoms. The van der Waals surface area contributed by atoms with Crippen LogP contribution in [0.1, 0.15) is 16.7 Å². The summed E-state index contributed by atoms with van der Waals surface area (Å²) < 4.78 is 7.19. The van der Waals surface area contributed by atoms with E-state index in [9.17, 15) is 0 Å². The molecule has 0 unspecified atom stereocenters. The Morgan fingerprint density at radius 2 is 2.47 bits per heavy atom. The van der Waals surface area contributed by atoms with Gasteiger partial charge in [0.25, 0.3) is 0 Å². The van der Waals surface area contributed by atoms with Crippen molar-refractivity contribution in [1.29, 1.82) is 0 Å². The Kier molecular flexibility index (Phi) is 1.93. The number of aromatic nitrogens is 3. The third kappa shape index (κ3) is 1.24. The molecule has 3 rings (SSSR count). The summed E-state index contributed by atoms with van der Waals surface area (Å²) in [4.78, 5) is 4.23. The van der Waals surface area contributed by atoms with Gasteiger partial charge in [0.1, 0.15) is 6.33 Å². The van der Waals surface area contributed by atoms with E-state index >= 15 is 0 Å². The van der Waals surface area contributed by atoms with Crippen molar-refractivity contribution in [2.45, 2.75) is 19.6 Å². The second-order valence-corrected chi connectivity index (χ2v) is 3.65. The molecule has 0 aliphatic carbocycles. The summed E-state index contributed by atoms with van der Waals surface area (Å²) in [7, 11) is 0. The van der Waals surface area contributed by atoms with Gasteiger partial charge in [0.05, 0.1) is 13.2 Å². The first-order valence-electron chi connectivity index (χ1n) is 5.01. The number of rotatable bonds is 1. The number of hydrogen-bond acceptors (Lipinski definition) is 4. The molecule has 2 N–H and O–H groups in total. The summed E-state index contributed by atoms with van der Waals surface area (Å²) in [5.41, 5.74) is 10.2. The van der Waals surface area contributed by atoms with Crippen LogP contribution >= 0.6 is 0 Å². The third-order valence-corrected chi connectivity index (χ3v) is 2.83. The van der Waals surface area contributed by atoms with Gasteiger partial charge in [-0.3, -0.25) is 0 Å². The molecule has 0 radical (unpaired) electrons. The number of ether oxygens (including phenoxy) is 1. The van der Waals surface area contributed by atoms with Crippen LogP contribution < -0.4 is 5.73 Å². The fourth-order valence-corrected chi connectivity index (χ4v) is 2.12. The quantitative estimate of drug-likeness (QED) is 0.723. The molecule has 0 aromatic carbocycles. The fraction of sp³-hybridized carbons (Fsp3) is 0.400. The van der Waals surface area contributed by atoms with Crippen molar-refractivity contribution in [2.75, 3.05) is 6.61 Å². The van der Waals surface area contributed by atoms with E-state index in [-0.39, 0.29) is 0 Å². The first-order valence-corrected chi connectivity index (χ1v) is 5.01. The second-order valence-electron chi connectivity index (χ2n) is 3.65. The second kappa shape index (κ2) is 3.29.